The summed E-state index contributed by atoms with van der Waals surface area (Å²) >= 11 is 0. The lowest BCUT2D eigenvalue weighted by Gasteiger charge is -2.26. The average molecular weight is 563 g/mol. The van der Waals surface area contributed by atoms with Gasteiger partial charge in [0.25, 0.3) is 0 Å². The normalized spacial score (nSPS) is 11.6. The van der Waals surface area contributed by atoms with Crippen LogP contribution >= 0.6 is 0 Å². The minimum absolute atomic E-state index is 0.645. The van der Waals surface area contributed by atoms with Crippen molar-refractivity contribution in [1.29, 1.82) is 0 Å². The van der Waals surface area contributed by atoms with Gasteiger partial charge in [-0.25, -0.2) is 4.98 Å². The van der Waals surface area contributed by atoms with Crippen LogP contribution in [0.2, 0.25) is 0 Å². The maximum atomic E-state index is 6.06. The highest BCUT2D eigenvalue weighted by molar-refractivity contribution is 6.17. The van der Waals surface area contributed by atoms with E-state index in [4.69, 9.17) is 9.40 Å². The molecule has 44 heavy (non-hydrogen) atoms. The van der Waals surface area contributed by atoms with Crippen molar-refractivity contribution in [2.75, 3.05) is 4.90 Å². The smallest absolute Gasteiger partial charge is 0.227 e. The molecule has 0 aliphatic carbocycles. The van der Waals surface area contributed by atoms with Crippen LogP contribution < -0.4 is 4.90 Å². The predicted octanol–water partition coefficient (Wildman–Crippen LogP) is 11.6. The number of hydrogen-bond donors (Lipinski definition) is 0. The summed E-state index contributed by atoms with van der Waals surface area (Å²) < 4.78 is 6.06. The van der Waals surface area contributed by atoms with E-state index in [1.807, 2.05) is 30.5 Å². The minimum Gasteiger partial charge on any atom is -0.438 e. The van der Waals surface area contributed by atoms with E-state index in [-0.39, 0.29) is 0 Å². The number of benzene rings is 7. The monoisotopic (exact) mass is 562 g/mol. The topological polar surface area (TPSA) is 29.3 Å². The number of para-hydroxylation sites is 1. The van der Waals surface area contributed by atoms with E-state index in [2.05, 4.69) is 132 Å². The second kappa shape index (κ2) is 9.82. The fourth-order valence-electron chi connectivity index (χ4n) is 6.56. The van der Waals surface area contributed by atoms with Crippen molar-refractivity contribution >= 4 is 71.4 Å². The van der Waals surface area contributed by atoms with E-state index in [1.165, 1.54) is 43.4 Å². The first kappa shape index (κ1) is 24.6. The number of nitrogens with zero attached hydrogens (tertiary/aromatic N) is 2. The van der Waals surface area contributed by atoms with Crippen LogP contribution in [0.5, 0.6) is 0 Å². The first-order valence-corrected chi connectivity index (χ1v) is 14.9. The van der Waals surface area contributed by atoms with Crippen LogP contribution in [-0.4, -0.2) is 4.98 Å². The Kier molecular flexibility index (Phi) is 5.50. The second-order valence-corrected chi connectivity index (χ2v) is 11.2. The first-order chi connectivity index (χ1) is 21.8. The summed E-state index contributed by atoms with van der Waals surface area (Å²) in [5.74, 6) is 0. The van der Waals surface area contributed by atoms with Gasteiger partial charge in [-0.05, 0) is 79.8 Å². The lowest BCUT2D eigenvalue weighted by Crippen LogP contribution is -2.10. The lowest BCUT2D eigenvalue weighted by atomic mass is 9.96. The second-order valence-electron chi connectivity index (χ2n) is 11.2. The van der Waals surface area contributed by atoms with Gasteiger partial charge in [0.05, 0.1) is 17.3 Å². The predicted molar refractivity (Wildman–Crippen MR) is 184 cm³/mol. The number of aromatic nitrogens is 1. The molecule has 9 aromatic rings. The van der Waals surface area contributed by atoms with Crippen LogP contribution in [0.15, 0.2) is 162 Å². The summed E-state index contributed by atoms with van der Waals surface area (Å²) in [6.07, 6.45) is 1.91. The van der Waals surface area contributed by atoms with E-state index in [0.717, 1.165) is 33.4 Å². The van der Waals surface area contributed by atoms with Crippen LogP contribution in [-0.2, 0) is 0 Å². The Bertz CT molecular complexity index is 2490. The molecular weight excluding hydrogens is 536 g/mol. The molecular formula is C41H26N2O. The Morgan fingerprint density at radius 1 is 0.409 bits per heavy atom. The van der Waals surface area contributed by atoms with Gasteiger partial charge in [0.1, 0.15) is 5.58 Å². The van der Waals surface area contributed by atoms with Gasteiger partial charge < -0.3 is 9.32 Å². The average Bonchev–Trinajstić information content (AvgIpc) is 3.47. The Morgan fingerprint density at radius 2 is 1.05 bits per heavy atom. The van der Waals surface area contributed by atoms with E-state index >= 15 is 0 Å². The van der Waals surface area contributed by atoms with Gasteiger partial charge in [-0.1, -0.05) is 115 Å². The summed E-state index contributed by atoms with van der Waals surface area (Å²) in [6, 6.07) is 53.9. The molecule has 9 rings (SSSR count). The molecule has 3 heteroatoms. The molecule has 0 N–H and O–H groups in total. The minimum atomic E-state index is 0.645. The molecule has 0 atom stereocenters. The highest BCUT2D eigenvalue weighted by Crippen LogP contribution is 2.40. The van der Waals surface area contributed by atoms with Gasteiger partial charge in [-0.3, -0.25) is 0 Å². The van der Waals surface area contributed by atoms with Crippen molar-refractivity contribution in [2.24, 2.45) is 0 Å². The van der Waals surface area contributed by atoms with Crippen molar-refractivity contribution < 1.29 is 4.42 Å². The summed E-state index contributed by atoms with van der Waals surface area (Å²) in [5.41, 5.74) is 6.97. The number of rotatable bonds is 4. The van der Waals surface area contributed by atoms with Crippen LogP contribution in [0.25, 0.3) is 65.5 Å². The fourth-order valence-corrected chi connectivity index (χ4v) is 6.56. The van der Waals surface area contributed by atoms with E-state index < -0.39 is 0 Å². The van der Waals surface area contributed by atoms with E-state index in [1.54, 1.807) is 0 Å². The zero-order valence-electron chi connectivity index (χ0n) is 23.8. The zero-order valence-corrected chi connectivity index (χ0v) is 23.8. The Hall–Kier alpha value is -5.93. The van der Waals surface area contributed by atoms with Crippen LogP contribution in [0.4, 0.5) is 17.1 Å². The fraction of sp³-hybridized carbons (Fsp3) is 0. The van der Waals surface area contributed by atoms with Gasteiger partial charge in [-0.2, -0.15) is 0 Å². The third kappa shape index (κ3) is 3.94. The molecule has 0 saturated heterocycles. The maximum absolute atomic E-state index is 6.06. The molecule has 0 bridgehead atoms. The molecule has 0 fully saturated rings. The van der Waals surface area contributed by atoms with Gasteiger partial charge in [-0.15, -0.1) is 0 Å². The molecule has 0 aliphatic rings. The Morgan fingerprint density at radius 3 is 1.89 bits per heavy atom. The number of furan rings is 1. The largest absolute Gasteiger partial charge is 0.438 e. The molecule has 0 unspecified atom stereocenters. The highest BCUT2D eigenvalue weighted by Gasteiger charge is 2.17. The van der Waals surface area contributed by atoms with Crippen molar-refractivity contribution in [1.82, 2.24) is 4.98 Å². The maximum Gasteiger partial charge on any atom is 0.227 e. The molecule has 0 aliphatic heterocycles. The number of anilines is 3. The summed E-state index contributed by atoms with van der Waals surface area (Å²) in [5, 5.41) is 9.58. The third-order valence-corrected chi connectivity index (χ3v) is 8.70. The zero-order chi connectivity index (χ0) is 29.0. The molecule has 2 heterocycles. The number of pyridine rings is 1. The Labute approximate surface area is 254 Å². The van der Waals surface area contributed by atoms with Crippen molar-refractivity contribution in [2.45, 2.75) is 0 Å². The van der Waals surface area contributed by atoms with Gasteiger partial charge in [0.2, 0.25) is 5.71 Å². The molecule has 2 aromatic heterocycles. The van der Waals surface area contributed by atoms with Crippen LogP contribution in [0.1, 0.15) is 0 Å². The quantitative estimate of drug-likeness (QED) is 0.200. The Balaban J connectivity index is 1.23. The first-order valence-electron chi connectivity index (χ1n) is 14.9. The van der Waals surface area contributed by atoms with Crippen molar-refractivity contribution in [3.63, 3.8) is 0 Å². The molecule has 0 radical (unpaired) electrons. The lowest BCUT2D eigenvalue weighted by molar-refractivity contribution is 0.654. The van der Waals surface area contributed by atoms with Gasteiger partial charge in [0, 0.05) is 16.8 Å². The number of hydrogen-bond acceptors (Lipinski definition) is 3. The van der Waals surface area contributed by atoms with Gasteiger partial charge >= 0.3 is 0 Å². The molecule has 3 nitrogen and oxygen atoms in total. The van der Waals surface area contributed by atoms with Crippen LogP contribution in [0, 0.1) is 0 Å². The van der Waals surface area contributed by atoms with E-state index in [9.17, 15) is 0 Å². The van der Waals surface area contributed by atoms with Crippen molar-refractivity contribution in [3.8, 4) is 11.1 Å². The molecule has 206 valence electrons. The molecule has 0 amide bonds. The van der Waals surface area contributed by atoms with E-state index in [0.29, 0.717) is 5.71 Å². The third-order valence-electron chi connectivity index (χ3n) is 8.70. The van der Waals surface area contributed by atoms with Crippen LogP contribution in [0.3, 0.4) is 0 Å². The molecule has 0 saturated carbocycles. The molecule has 7 aromatic carbocycles. The summed E-state index contributed by atoms with van der Waals surface area (Å²) in [7, 11) is 0. The number of fused-ring (bicyclic) bond motifs is 8. The van der Waals surface area contributed by atoms with Gasteiger partial charge in [0.15, 0.2) is 0 Å². The van der Waals surface area contributed by atoms with Crippen molar-refractivity contribution in [3.05, 3.63) is 158 Å². The highest BCUT2D eigenvalue weighted by atomic mass is 16.3. The SMILES string of the molecule is c1ccc(-c2ccc(N(c3ccc4c(ccc5c6ccccc6ccc45)c3)c3cnc4oc5ccccc5c4c3)cc2)cc1. The summed E-state index contributed by atoms with van der Waals surface area (Å²) in [4.78, 5) is 7.06. The molecule has 0 spiro atoms. The standard InChI is InChI=1S/C41H26N2O/c1-2-8-27(9-3-1)28-14-18-31(19-15-28)43(33-25-39-38-12-6-7-13-40(38)44-41(39)42-26-33)32-20-23-35-30(24-32)17-22-36-34-11-5-4-10-29(34)16-21-37(35)36/h1-26H. The summed E-state index contributed by atoms with van der Waals surface area (Å²) in [6.45, 7) is 0.